The number of guanidine groups is 1. The predicted octanol–water partition coefficient (Wildman–Crippen LogP) is -3.27. The second kappa shape index (κ2) is 12.3. The van der Waals surface area contributed by atoms with Crippen LogP contribution in [0.5, 0.6) is 0 Å². The summed E-state index contributed by atoms with van der Waals surface area (Å²) in [6.45, 7) is -0.0178. The molecule has 31 heavy (non-hydrogen) atoms. The first kappa shape index (κ1) is 25.6. The van der Waals surface area contributed by atoms with E-state index in [2.05, 4.69) is 16.0 Å². The average Bonchev–Trinajstić information content (AvgIpc) is 3.18. The van der Waals surface area contributed by atoms with Crippen LogP contribution in [0.4, 0.5) is 0 Å². The molecule has 1 heterocycles. The highest BCUT2D eigenvalue weighted by atomic mass is 16.4. The number of nitrogens with one attached hydrogen (secondary N) is 4. The fourth-order valence-electron chi connectivity index (χ4n) is 3.19. The van der Waals surface area contributed by atoms with Crippen molar-refractivity contribution in [3.05, 3.63) is 0 Å². The standard InChI is InChI=1S/C17H29N7O7/c18-8-12(25)22-9(3-1-5-21-17(19)20)14(28)23-10(7-13(26)27)15(29)24-6-2-4-11(24)16(30)31/h9-11H,1-8,18H2,(H,22,25)(H,23,28)(H,26,27)(H,30,31)(H4,19,20,21)/t9-,10-,11-/m0/s1. The number of aliphatic carboxylic acids is 2. The molecule has 0 aromatic heterocycles. The zero-order valence-corrected chi connectivity index (χ0v) is 16.9. The molecule has 174 valence electrons. The second-order valence-electron chi connectivity index (χ2n) is 6.99. The Kier molecular flexibility index (Phi) is 10.2. The summed E-state index contributed by atoms with van der Waals surface area (Å²) in [7, 11) is 0. The van der Waals surface area contributed by atoms with E-state index in [1.54, 1.807) is 0 Å². The number of hydrogen-bond acceptors (Lipinski definition) is 7. The quantitative estimate of drug-likeness (QED) is 0.0849. The molecule has 14 heteroatoms. The number of carbonyl (C=O) groups is 5. The van der Waals surface area contributed by atoms with Crippen LogP contribution in [-0.2, 0) is 24.0 Å². The summed E-state index contributed by atoms with van der Waals surface area (Å²) >= 11 is 0. The van der Waals surface area contributed by atoms with Crippen LogP contribution < -0.4 is 27.4 Å². The molecule has 0 bridgehead atoms. The van der Waals surface area contributed by atoms with Crippen molar-refractivity contribution >= 4 is 35.6 Å². The number of likely N-dealkylation sites (tertiary alicyclic amines) is 1. The Labute approximate surface area is 178 Å². The van der Waals surface area contributed by atoms with Crippen LogP contribution >= 0.6 is 0 Å². The lowest BCUT2D eigenvalue weighted by Gasteiger charge is -2.28. The van der Waals surface area contributed by atoms with Crippen molar-refractivity contribution < 1.29 is 34.2 Å². The summed E-state index contributed by atoms with van der Waals surface area (Å²) < 4.78 is 0. The van der Waals surface area contributed by atoms with Gasteiger partial charge in [-0.15, -0.1) is 0 Å². The van der Waals surface area contributed by atoms with Gasteiger partial charge in [0.15, 0.2) is 5.96 Å². The van der Waals surface area contributed by atoms with Gasteiger partial charge < -0.3 is 42.5 Å². The van der Waals surface area contributed by atoms with Gasteiger partial charge in [0, 0.05) is 13.1 Å². The lowest BCUT2D eigenvalue weighted by molar-refractivity contribution is -0.150. The van der Waals surface area contributed by atoms with E-state index in [0.29, 0.717) is 12.8 Å². The van der Waals surface area contributed by atoms with E-state index in [-0.39, 0.29) is 38.4 Å². The molecular formula is C17H29N7O7. The molecule has 0 unspecified atom stereocenters. The number of rotatable bonds is 12. The van der Waals surface area contributed by atoms with Crippen molar-refractivity contribution in [1.82, 2.24) is 20.9 Å². The van der Waals surface area contributed by atoms with E-state index >= 15 is 0 Å². The molecule has 0 aromatic rings. The van der Waals surface area contributed by atoms with Crippen LogP contribution in [0.15, 0.2) is 0 Å². The van der Waals surface area contributed by atoms with Gasteiger partial charge in [-0.05, 0) is 25.7 Å². The van der Waals surface area contributed by atoms with Crippen molar-refractivity contribution in [3.63, 3.8) is 0 Å². The van der Waals surface area contributed by atoms with Crippen molar-refractivity contribution in [2.24, 2.45) is 11.5 Å². The molecule has 14 nitrogen and oxygen atoms in total. The molecule has 1 rings (SSSR count). The third kappa shape index (κ3) is 8.46. The van der Waals surface area contributed by atoms with Gasteiger partial charge >= 0.3 is 11.9 Å². The number of carboxylic acid groups (broad SMARTS) is 2. The highest BCUT2D eigenvalue weighted by molar-refractivity contribution is 5.95. The highest BCUT2D eigenvalue weighted by Crippen LogP contribution is 2.19. The zero-order valence-electron chi connectivity index (χ0n) is 16.9. The van der Waals surface area contributed by atoms with Gasteiger partial charge in [-0.3, -0.25) is 24.6 Å². The third-order valence-corrected chi connectivity index (χ3v) is 4.64. The smallest absolute Gasteiger partial charge is 0.326 e. The molecule has 0 aromatic carbocycles. The Hall–Kier alpha value is -3.42. The minimum Gasteiger partial charge on any atom is -0.481 e. The molecule has 0 spiro atoms. The van der Waals surface area contributed by atoms with Crippen molar-refractivity contribution in [2.75, 3.05) is 19.6 Å². The molecule has 0 aliphatic carbocycles. The fraction of sp³-hybridized carbons (Fsp3) is 0.647. The SMILES string of the molecule is N=C(N)NCCC[C@H](NC(=O)CN)C(=O)N[C@@H](CC(=O)O)C(=O)N1CCC[C@H]1C(=O)O. The first-order valence-corrected chi connectivity index (χ1v) is 9.69. The van der Waals surface area contributed by atoms with E-state index in [9.17, 15) is 29.1 Å². The highest BCUT2D eigenvalue weighted by Gasteiger charge is 2.39. The average molecular weight is 443 g/mol. The van der Waals surface area contributed by atoms with Gasteiger partial charge in [-0.2, -0.15) is 0 Å². The summed E-state index contributed by atoms with van der Waals surface area (Å²) in [6.07, 6.45) is 0.319. The molecule has 3 amide bonds. The molecule has 1 saturated heterocycles. The minimum absolute atomic E-state index is 0.0906. The maximum atomic E-state index is 12.8. The summed E-state index contributed by atoms with van der Waals surface area (Å²) in [5.74, 6) is -5.10. The van der Waals surface area contributed by atoms with E-state index in [0.717, 1.165) is 4.90 Å². The van der Waals surface area contributed by atoms with Gasteiger partial charge in [-0.25, -0.2) is 4.79 Å². The van der Waals surface area contributed by atoms with Crippen LogP contribution in [0.25, 0.3) is 0 Å². The monoisotopic (exact) mass is 443 g/mol. The first-order valence-electron chi connectivity index (χ1n) is 9.69. The molecule has 1 aliphatic heterocycles. The Balaban J connectivity index is 2.91. The number of carboxylic acids is 2. The summed E-state index contributed by atoms with van der Waals surface area (Å²) in [4.78, 5) is 60.8. The normalized spacial score (nSPS) is 17.3. The van der Waals surface area contributed by atoms with Gasteiger partial charge in [-0.1, -0.05) is 0 Å². The van der Waals surface area contributed by atoms with E-state index in [1.165, 1.54) is 0 Å². The number of nitrogens with two attached hydrogens (primary N) is 2. The first-order chi connectivity index (χ1) is 14.6. The van der Waals surface area contributed by atoms with E-state index < -0.39 is 54.2 Å². The fourth-order valence-corrected chi connectivity index (χ4v) is 3.19. The molecule has 0 radical (unpaired) electrons. The van der Waals surface area contributed by atoms with Crippen molar-refractivity contribution in [3.8, 4) is 0 Å². The largest absolute Gasteiger partial charge is 0.481 e. The molecular weight excluding hydrogens is 414 g/mol. The van der Waals surface area contributed by atoms with Gasteiger partial charge in [0.05, 0.1) is 13.0 Å². The van der Waals surface area contributed by atoms with Crippen LogP contribution in [0.1, 0.15) is 32.1 Å². The minimum atomic E-state index is -1.50. The molecule has 10 N–H and O–H groups in total. The van der Waals surface area contributed by atoms with Crippen molar-refractivity contribution in [2.45, 2.75) is 50.2 Å². The number of carbonyl (C=O) groups excluding carboxylic acids is 3. The second-order valence-corrected chi connectivity index (χ2v) is 6.99. The van der Waals surface area contributed by atoms with Gasteiger partial charge in [0.2, 0.25) is 17.7 Å². The Morgan fingerprint density at radius 2 is 1.81 bits per heavy atom. The maximum Gasteiger partial charge on any atom is 0.326 e. The number of hydrogen-bond donors (Lipinski definition) is 8. The van der Waals surface area contributed by atoms with E-state index in [4.69, 9.17) is 22.0 Å². The lowest BCUT2D eigenvalue weighted by Crippen LogP contribution is -2.56. The predicted molar refractivity (Wildman–Crippen MR) is 107 cm³/mol. The number of nitrogens with zero attached hydrogens (tertiary/aromatic N) is 1. The number of amides is 3. The van der Waals surface area contributed by atoms with Crippen LogP contribution in [-0.4, -0.2) is 88.5 Å². The molecule has 0 saturated carbocycles. The topological polar surface area (TPSA) is 241 Å². The Morgan fingerprint density at radius 3 is 2.35 bits per heavy atom. The molecule has 1 fully saturated rings. The van der Waals surface area contributed by atoms with Crippen LogP contribution in [0.2, 0.25) is 0 Å². The zero-order chi connectivity index (χ0) is 23.6. The van der Waals surface area contributed by atoms with Crippen LogP contribution in [0.3, 0.4) is 0 Å². The molecule has 1 aliphatic rings. The third-order valence-electron chi connectivity index (χ3n) is 4.64. The Morgan fingerprint density at radius 1 is 1.13 bits per heavy atom. The summed E-state index contributed by atoms with van der Waals surface area (Å²) in [6, 6.07) is -3.72. The van der Waals surface area contributed by atoms with Gasteiger partial charge in [0.1, 0.15) is 18.1 Å². The molecule has 3 atom stereocenters. The van der Waals surface area contributed by atoms with E-state index in [1.807, 2.05) is 0 Å². The van der Waals surface area contributed by atoms with Crippen LogP contribution in [0, 0.1) is 5.41 Å². The van der Waals surface area contributed by atoms with Crippen molar-refractivity contribution in [1.29, 1.82) is 5.41 Å². The van der Waals surface area contributed by atoms with Gasteiger partial charge in [0.25, 0.3) is 0 Å². The summed E-state index contributed by atoms with van der Waals surface area (Å²) in [5.41, 5.74) is 10.4. The summed E-state index contributed by atoms with van der Waals surface area (Å²) in [5, 5.41) is 32.8. The maximum absolute atomic E-state index is 12.8. The Bertz CT molecular complexity index is 715. The lowest BCUT2D eigenvalue weighted by atomic mass is 10.1.